The molecular weight excluding hydrogens is 537 g/mol. The zero-order chi connectivity index (χ0) is 30.3. The van der Waals surface area contributed by atoms with Crippen molar-refractivity contribution in [3.63, 3.8) is 0 Å². The molecule has 8 heteroatoms. The Balaban J connectivity index is 1.07. The number of benzene rings is 3. The number of aromatic nitrogens is 2. The third kappa shape index (κ3) is 5.14. The number of carbonyl (C=O) groups excluding carboxylic acids is 1. The number of imidazole rings is 1. The monoisotopic (exact) mass is 577 g/mol. The third-order valence-electron chi connectivity index (χ3n) is 9.54. The van der Waals surface area contributed by atoms with Gasteiger partial charge in [-0.1, -0.05) is 54.6 Å². The van der Waals surface area contributed by atoms with E-state index in [4.69, 9.17) is 19.0 Å². The molecule has 0 spiro atoms. The Bertz CT molecular complexity index is 1690. The first-order chi connectivity index (χ1) is 20.3. The molecule has 1 aliphatic carbocycles. The van der Waals surface area contributed by atoms with Gasteiger partial charge < -0.3 is 19.0 Å². The molecule has 7 rings (SSSR count). The number of fused-ring (bicyclic) bond motifs is 2. The number of likely N-dealkylation sites (tertiary alicyclic amines) is 1. The summed E-state index contributed by atoms with van der Waals surface area (Å²) < 4.78 is 18.2. The molecule has 3 atom stereocenters. The van der Waals surface area contributed by atoms with Crippen molar-refractivity contribution in [1.82, 2.24) is 14.9 Å². The first-order valence-corrected chi connectivity index (χ1v) is 15.3. The maximum absolute atomic E-state index is 13.0. The predicted molar refractivity (Wildman–Crippen MR) is 170 cm³/mol. The van der Waals surface area contributed by atoms with Gasteiger partial charge in [0.05, 0.1) is 29.1 Å². The molecule has 3 aliphatic rings. The molecule has 1 amide bonds. The molecule has 2 saturated heterocycles. The van der Waals surface area contributed by atoms with Crippen molar-refractivity contribution in [2.24, 2.45) is 5.92 Å². The van der Waals surface area contributed by atoms with E-state index in [-0.39, 0.29) is 36.5 Å². The van der Waals surface area contributed by atoms with Crippen LogP contribution in [0.2, 0.25) is 0 Å². The van der Waals surface area contributed by atoms with E-state index in [1.54, 1.807) is 0 Å². The summed E-state index contributed by atoms with van der Waals surface area (Å²) in [7, 11) is -0.371. The molecular formula is C35H40BN3O4. The van der Waals surface area contributed by atoms with E-state index in [1.807, 2.05) is 31.9 Å². The number of nitrogens with one attached hydrogen (secondary N) is 1. The molecule has 3 fully saturated rings. The molecule has 0 radical (unpaired) electrons. The lowest BCUT2D eigenvalue weighted by molar-refractivity contribution is 0.00578. The van der Waals surface area contributed by atoms with Crippen LogP contribution < -0.4 is 5.46 Å². The van der Waals surface area contributed by atoms with E-state index >= 15 is 0 Å². The van der Waals surface area contributed by atoms with Gasteiger partial charge in [0.15, 0.2) is 0 Å². The lowest BCUT2D eigenvalue weighted by atomic mass is 9.78. The summed E-state index contributed by atoms with van der Waals surface area (Å²) in [5.74, 6) is 1.37. The summed E-state index contributed by atoms with van der Waals surface area (Å²) in [4.78, 5) is 23.1. The Morgan fingerprint density at radius 3 is 2.23 bits per heavy atom. The highest BCUT2D eigenvalue weighted by molar-refractivity contribution is 6.62. The van der Waals surface area contributed by atoms with Gasteiger partial charge in [0.25, 0.3) is 0 Å². The fourth-order valence-corrected chi connectivity index (χ4v) is 6.34. The fraction of sp³-hybridized carbons (Fsp3) is 0.429. The minimum Gasteiger partial charge on any atom is -0.444 e. The van der Waals surface area contributed by atoms with Crippen LogP contribution in [0.4, 0.5) is 4.79 Å². The van der Waals surface area contributed by atoms with Crippen LogP contribution in [0.5, 0.6) is 0 Å². The molecule has 222 valence electrons. The average molecular weight is 578 g/mol. The van der Waals surface area contributed by atoms with E-state index in [1.165, 1.54) is 5.39 Å². The highest BCUT2D eigenvalue weighted by atomic mass is 16.7. The Labute approximate surface area is 254 Å². The number of amides is 1. The molecule has 1 N–H and O–H groups in total. The number of ether oxygens (including phenoxy) is 1. The van der Waals surface area contributed by atoms with Crippen LogP contribution in [0, 0.1) is 5.92 Å². The maximum atomic E-state index is 13.0. The SMILES string of the molecule is CC(C)(C)OC(=O)N1[C@@H]2C[C@@H]2C[C@H]1c1ncc(-c2ccc(-c3ccc4cc(B5OC(C)(C)C(C)(C)O5)ccc4c3)cc2)[nH]1. The summed E-state index contributed by atoms with van der Waals surface area (Å²) in [6.07, 6.45) is 3.61. The zero-order valence-electron chi connectivity index (χ0n) is 26.1. The average Bonchev–Trinajstić information content (AvgIpc) is 3.27. The molecule has 7 nitrogen and oxygen atoms in total. The summed E-state index contributed by atoms with van der Waals surface area (Å²) in [6, 6.07) is 21.7. The van der Waals surface area contributed by atoms with Gasteiger partial charge in [-0.3, -0.25) is 4.90 Å². The Hall–Kier alpha value is -3.62. The van der Waals surface area contributed by atoms with Crippen molar-refractivity contribution in [3.05, 3.63) is 72.7 Å². The van der Waals surface area contributed by atoms with Crippen LogP contribution >= 0.6 is 0 Å². The summed E-state index contributed by atoms with van der Waals surface area (Å²) in [5, 5.41) is 2.33. The molecule has 1 aromatic heterocycles. The first-order valence-electron chi connectivity index (χ1n) is 15.3. The summed E-state index contributed by atoms with van der Waals surface area (Å²) in [5.41, 5.74) is 4.09. The van der Waals surface area contributed by atoms with E-state index < -0.39 is 5.60 Å². The molecule has 1 saturated carbocycles. The van der Waals surface area contributed by atoms with Gasteiger partial charge >= 0.3 is 13.2 Å². The van der Waals surface area contributed by atoms with Crippen LogP contribution in [0.15, 0.2) is 66.9 Å². The van der Waals surface area contributed by atoms with E-state index in [9.17, 15) is 4.79 Å². The van der Waals surface area contributed by atoms with Crippen LogP contribution in [0.3, 0.4) is 0 Å². The second-order valence-corrected chi connectivity index (χ2v) is 14.4. The number of nitrogens with zero attached hydrogens (tertiary/aromatic N) is 2. The van der Waals surface area contributed by atoms with E-state index in [0.29, 0.717) is 5.92 Å². The van der Waals surface area contributed by atoms with Crippen molar-refractivity contribution >= 4 is 29.4 Å². The van der Waals surface area contributed by atoms with Crippen molar-refractivity contribution in [2.45, 2.75) is 90.2 Å². The second kappa shape index (κ2) is 9.70. The highest BCUT2D eigenvalue weighted by Gasteiger charge is 2.56. The van der Waals surface area contributed by atoms with Crippen LogP contribution in [-0.4, -0.2) is 50.9 Å². The van der Waals surface area contributed by atoms with Gasteiger partial charge in [-0.25, -0.2) is 9.78 Å². The third-order valence-corrected chi connectivity index (χ3v) is 9.54. The van der Waals surface area contributed by atoms with Crippen molar-refractivity contribution in [2.75, 3.05) is 0 Å². The van der Waals surface area contributed by atoms with Crippen molar-refractivity contribution in [1.29, 1.82) is 0 Å². The topological polar surface area (TPSA) is 76.7 Å². The van der Waals surface area contributed by atoms with Gasteiger partial charge in [0.1, 0.15) is 11.4 Å². The smallest absolute Gasteiger partial charge is 0.444 e. The molecule has 0 unspecified atom stereocenters. The number of piperidine rings is 1. The Morgan fingerprint density at radius 1 is 0.907 bits per heavy atom. The Kier molecular flexibility index (Phi) is 6.35. The fourth-order valence-electron chi connectivity index (χ4n) is 6.34. The highest BCUT2D eigenvalue weighted by Crippen LogP contribution is 2.53. The quantitative estimate of drug-likeness (QED) is 0.258. The normalized spacial score (nSPS) is 23.9. The van der Waals surface area contributed by atoms with Gasteiger partial charge in [0, 0.05) is 6.04 Å². The van der Waals surface area contributed by atoms with Crippen LogP contribution in [-0.2, 0) is 14.0 Å². The Morgan fingerprint density at radius 2 is 1.53 bits per heavy atom. The molecule has 2 aliphatic heterocycles. The minimum atomic E-state index is -0.521. The van der Waals surface area contributed by atoms with Crippen LogP contribution in [0.25, 0.3) is 33.2 Å². The van der Waals surface area contributed by atoms with Crippen LogP contribution in [0.1, 0.15) is 73.2 Å². The number of carbonyl (C=O) groups is 1. The molecule has 3 heterocycles. The van der Waals surface area contributed by atoms with Gasteiger partial charge in [-0.2, -0.15) is 0 Å². The molecule has 3 aromatic carbocycles. The second-order valence-electron chi connectivity index (χ2n) is 14.4. The first kappa shape index (κ1) is 28.2. The molecule has 43 heavy (non-hydrogen) atoms. The van der Waals surface area contributed by atoms with Gasteiger partial charge in [-0.15, -0.1) is 0 Å². The van der Waals surface area contributed by atoms with Crippen molar-refractivity contribution in [3.8, 4) is 22.4 Å². The molecule has 4 aromatic rings. The number of rotatable bonds is 4. The molecule has 0 bridgehead atoms. The van der Waals surface area contributed by atoms with E-state index in [2.05, 4.69) is 93.3 Å². The number of hydrogen-bond donors (Lipinski definition) is 1. The summed E-state index contributed by atoms with van der Waals surface area (Å²) >= 11 is 0. The maximum Gasteiger partial charge on any atom is 0.494 e. The van der Waals surface area contributed by atoms with E-state index in [0.717, 1.165) is 51.9 Å². The predicted octanol–water partition coefficient (Wildman–Crippen LogP) is 7.27. The standard InChI is InChI=1S/C35H40BN3O4/c1-33(2,3)41-32(40)39-29-18-26(29)19-30(39)31-37-20-28(38-31)22-10-8-21(9-11-22)23-12-13-25-17-27(15-14-24(25)16-23)36-42-34(4,5)35(6,7)43-36/h8-17,20,26,29-30H,18-19H2,1-7H3,(H,37,38)/t26-,29-,30+/m1/s1. The lowest BCUT2D eigenvalue weighted by Gasteiger charge is -2.32. The zero-order valence-corrected chi connectivity index (χ0v) is 26.1. The minimum absolute atomic E-state index is 0.0745. The van der Waals surface area contributed by atoms with Gasteiger partial charge in [0.2, 0.25) is 0 Å². The van der Waals surface area contributed by atoms with Crippen molar-refractivity contribution < 1.29 is 18.8 Å². The summed E-state index contributed by atoms with van der Waals surface area (Å²) in [6.45, 7) is 14.0. The van der Waals surface area contributed by atoms with Gasteiger partial charge in [-0.05, 0) is 106 Å². The number of H-pyrrole nitrogens is 1. The largest absolute Gasteiger partial charge is 0.494 e. The lowest BCUT2D eigenvalue weighted by Crippen LogP contribution is -2.41. The number of hydrogen-bond acceptors (Lipinski definition) is 5. The number of aromatic amines is 1.